The molecule has 1 aliphatic rings. The number of aromatic nitrogens is 1. The van der Waals surface area contributed by atoms with Crippen LogP contribution in [0.2, 0.25) is 0 Å². The Kier molecular flexibility index (Phi) is 5.33. The van der Waals surface area contributed by atoms with Crippen LogP contribution in [-0.2, 0) is 9.53 Å². The lowest BCUT2D eigenvalue weighted by Gasteiger charge is -2.28. The topological polar surface area (TPSA) is 48.4 Å². The molecule has 0 radical (unpaired) electrons. The van der Waals surface area contributed by atoms with E-state index in [9.17, 15) is 4.79 Å². The first-order chi connectivity index (χ1) is 11.2. The molecule has 4 nitrogen and oxygen atoms in total. The molecular formula is C17H18BrNO3S. The van der Waals surface area contributed by atoms with Crippen molar-refractivity contribution < 1.29 is 14.3 Å². The highest BCUT2D eigenvalue weighted by molar-refractivity contribution is 9.11. The van der Waals surface area contributed by atoms with Gasteiger partial charge in [-0.25, -0.2) is 4.98 Å². The number of esters is 1. The standard InChI is InChI=1S/C17H18BrNO3S/c1-21-16(20)13-10-6-5-9-12(13)14-15(18)23-17(19-14)22-11-7-3-2-4-8-11/h2-4,7-8,12-13H,5-6,9-10H2,1H3. The Morgan fingerprint density at radius 3 is 2.74 bits per heavy atom. The first-order valence-electron chi connectivity index (χ1n) is 7.66. The van der Waals surface area contributed by atoms with Gasteiger partial charge in [0.25, 0.3) is 5.19 Å². The molecule has 23 heavy (non-hydrogen) atoms. The zero-order valence-corrected chi connectivity index (χ0v) is 15.2. The third-order valence-corrected chi connectivity index (χ3v) is 5.79. The second kappa shape index (κ2) is 7.45. The quantitative estimate of drug-likeness (QED) is 0.671. The average Bonchev–Trinajstić information content (AvgIpc) is 2.95. The van der Waals surface area contributed by atoms with Crippen molar-refractivity contribution in [1.82, 2.24) is 4.98 Å². The van der Waals surface area contributed by atoms with Gasteiger partial charge in [0, 0.05) is 5.92 Å². The number of halogens is 1. The lowest BCUT2D eigenvalue weighted by atomic mass is 9.78. The third-order valence-electron chi connectivity index (χ3n) is 4.16. The van der Waals surface area contributed by atoms with Crippen LogP contribution in [0.3, 0.4) is 0 Å². The maximum atomic E-state index is 12.1. The number of para-hydroxylation sites is 1. The van der Waals surface area contributed by atoms with E-state index in [-0.39, 0.29) is 17.8 Å². The zero-order chi connectivity index (χ0) is 16.2. The number of methoxy groups -OCH3 is 1. The van der Waals surface area contributed by atoms with Crippen molar-refractivity contribution in [2.45, 2.75) is 31.6 Å². The number of carbonyl (C=O) groups excluding carboxylic acids is 1. The van der Waals surface area contributed by atoms with E-state index in [0.29, 0.717) is 5.19 Å². The van der Waals surface area contributed by atoms with Gasteiger partial charge in [-0.15, -0.1) is 0 Å². The van der Waals surface area contributed by atoms with Gasteiger partial charge in [0.15, 0.2) is 0 Å². The summed E-state index contributed by atoms with van der Waals surface area (Å²) < 4.78 is 11.7. The number of ether oxygens (including phenoxy) is 2. The van der Waals surface area contributed by atoms with E-state index >= 15 is 0 Å². The molecule has 0 N–H and O–H groups in total. The van der Waals surface area contributed by atoms with Crippen LogP contribution in [0.15, 0.2) is 34.1 Å². The van der Waals surface area contributed by atoms with Crippen LogP contribution < -0.4 is 4.74 Å². The molecule has 6 heteroatoms. The normalized spacial score (nSPS) is 21.0. The Hall–Kier alpha value is -1.40. The first kappa shape index (κ1) is 16.5. The highest BCUT2D eigenvalue weighted by atomic mass is 79.9. The fourth-order valence-corrected chi connectivity index (χ4v) is 4.58. The Morgan fingerprint density at radius 2 is 2.00 bits per heavy atom. The monoisotopic (exact) mass is 395 g/mol. The predicted octanol–water partition coefficient (Wildman–Crippen LogP) is 5.14. The van der Waals surface area contributed by atoms with Crippen molar-refractivity contribution in [3.8, 4) is 10.9 Å². The molecule has 2 unspecified atom stereocenters. The van der Waals surface area contributed by atoms with Gasteiger partial charge in [-0.3, -0.25) is 4.79 Å². The molecule has 0 bridgehead atoms. The molecule has 1 heterocycles. The number of rotatable bonds is 4. The van der Waals surface area contributed by atoms with E-state index < -0.39 is 0 Å². The molecule has 2 aromatic rings. The fourth-order valence-electron chi connectivity index (χ4n) is 3.05. The number of benzene rings is 1. The van der Waals surface area contributed by atoms with Crippen LogP contribution in [0.4, 0.5) is 0 Å². The smallest absolute Gasteiger partial charge is 0.309 e. The lowest BCUT2D eigenvalue weighted by molar-refractivity contribution is -0.147. The fraction of sp³-hybridized carbons (Fsp3) is 0.412. The molecule has 0 aliphatic heterocycles. The summed E-state index contributed by atoms with van der Waals surface area (Å²) in [5, 5.41) is 0.590. The van der Waals surface area contributed by atoms with Crippen molar-refractivity contribution in [3.63, 3.8) is 0 Å². The summed E-state index contributed by atoms with van der Waals surface area (Å²) in [7, 11) is 1.45. The summed E-state index contributed by atoms with van der Waals surface area (Å²) in [5.74, 6) is 0.597. The van der Waals surface area contributed by atoms with Gasteiger partial charge in [-0.2, -0.15) is 0 Å². The second-order valence-corrected chi connectivity index (χ2v) is 7.85. The number of nitrogens with zero attached hydrogens (tertiary/aromatic N) is 1. The van der Waals surface area contributed by atoms with Crippen LogP contribution in [-0.4, -0.2) is 18.1 Å². The summed E-state index contributed by atoms with van der Waals surface area (Å²) in [6.45, 7) is 0. The highest BCUT2D eigenvalue weighted by Gasteiger charge is 2.35. The van der Waals surface area contributed by atoms with Crippen LogP contribution >= 0.6 is 27.3 Å². The molecule has 1 aromatic heterocycles. The summed E-state index contributed by atoms with van der Waals surface area (Å²) in [5.41, 5.74) is 0.913. The largest absolute Gasteiger partial charge is 0.469 e. The average molecular weight is 396 g/mol. The van der Waals surface area contributed by atoms with E-state index in [0.717, 1.165) is 40.9 Å². The molecular weight excluding hydrogens is 378 g/mol. The molecule has 1 aromatic carbocycles. The molecule has 0 amide bonds. The third kappa shape index (κ3) is 3.75. The summed E-state index contributed by atoms with van der Waals surface area (Å²) in [4.78, 5) is 16.7. The number of carbonyl (C=O) groups is 1. The Labute approximate surface area is 148 Å². The second-order valence-electron chi connectivity index (χ2n) is 5.57. The van der Waals surface area contributed by atoms with E-state index in [1.807, 2.05) is 30.3 Å². The molecule has 122 valence electrons. The van der Waals surface area contributed by atoms with Crippen LogP contribution in [0, 0.1) is 5.92 Å². The van der Waals surface area contributed by atoms with Crippen molar-refractivity contribution in [3.05, 3.63) is 39.8 Å². The number of hydrogen-bond acceptors (Lipinski definition) is 5. The maximum Gasteiger partial charge on any atom is 0.309 e. The van der Waals surface area contributed by atoms with Crippen molar-refractivity contribution >= 4 is 33.2 Å². The summed E-state index contributed by atoms with van der Waals surface area (Å²) in [6, 6.07) is 9.58. The first-order valence-corrected chi connectivity index (χ1v) is 9.27. The van der Waals surface area contributed by atoms with Gasteiger partial charge in [0.05, 0.1) is 22.5 Å². The van der Waals surface area contributed by atoms with Gasteiger partial charge < -0.3 is 9.47 Å². The van der Waals surface area contributed by atoms with Crippen LogP contribution in [0.1, 0.15) is 37.3 Å². The summed E-state index contributed by atoms with van der Waals surface area (Å²) >= 11 is 5.04. The van der Waals surface area contributed by atoms with Gasteiger partial charge in [-0.1, -0.05) is 42.4 Å². The molecule has 1 aliphatic carbocycles. The minimum Gasteiger partial charge on any atom is -0.469 e. The van der Waals surface area contributed by atoms with Crippen LogP contribution in [0.25, 0.3) is 0 Å². The zero-order valence-electron chi connectivity index (χ0n) is 12.8. The van der Waals surface area contributed by atoms with Crippen LogP contribution in [0.5, 0.6) is 10.9 Å². The number of thiazole rings is 1. The Bertz CT molecular complexity index is 674. The van der Waals surface area contributed by atoms with Crippen molar-refractivity contribution in [1.29, 1.82) is 0 Å². The van der Waals surface area contributed by atoms with Gasteiger partial charge in [0.2, 0.25) is 0 Å². The van der Waals surface area contributed by atoms with E-state index in [2.05, 4.69) is 20.9 Å². The Morgan fingerprint density at radius 1 is 1.26 bits per heavy atom. The lowest BCUT2D eigenvalue weighted by Crippen LogP contribution is -2.27. The Balaban J connectivity index is 1.83. The summed E-state index contributed by atoms with van der Waals surface area (Å²) in [6.07, 6.45) is 3.98. The van der Waals surface area contributed by atoms with Gasteiger partial charge in [0.1, 0.15) is 5.75 Å². The van der Waals surface area contributed by atoms with E-state index in [1.54, 1.807) is 0 Å². The molecule has 0 saturated heterocycles. The predicted molar refractivity (Wildman–Crippen MR) is 93.0 cm³/mol. The highest BCUT2D eigenvalue weighted by Crippen LogP contribution is 2.44. The minimum absolute atomic E-state index is 0.0925. The molecule has 3 rings (SSSR count). The SMILES string of the molecule is COC(=O)C1CCCCC1c1nc(Oc2ccccc2)sc1Br. The van der Waals surface area contributed by atoms with Gasteiger partial charge in [-0.05, 0) is 40.9 Å². The maximum absolute atomic E-state index is 12.1. The van der Waals surface area contributed by atoms with Crippen molar-refractivity contribution in [2.24, 2.45) is 5.92 Å². The van der Waals surface area contributed by atoms with E-state index in [1.165, 1.54) is 18.4 Å². The van der Waals surface area contributed by atoms with Gasteiger partial charge >= 0.3 is 5.97 Å². The molecule has 2 atom stereocenters. The van der Waals surface area contributed by atoms with Crippen molar-refractivity contribution in [2.75, 3.05) is 7.11 Å². The molecule has 1 saturated carbocycles. The minimum atomic E-state index is -0.139. The van der Waals surface area contributed by atoms with E-state index in [4.69, 9.17) is 9.47 Å². The number of hydrogen-bond donors (Lipinski definition) is 0. The molecule has 0 spiro atoms. The molecule has 1 fully saturated rings.